The highest BCUT2D eigenvalue weighted by Gasteiger charge is 2.29. The van der Waals surface area contributed by atoms with Gasteiger partial charge < -0.3 is 5.32 Å². The van der Waals surface area contributed by atoms with Gasteiger partial charge in [-0.05, 0) is 50.6 Å². The molecule has 0 aromatic rings. The molecule has 0 radical (unpaired) electrons. The van der Waals surface area contributed by atoms with Crippen LogP contribution in [0.15, 0.2) is 0 Å². The molecule has 2 atom stereocenters. The first-order valence-electron chi connectivity index (χ1n) is 5.52. The zero-order valence-electron chi connectivity index (χ0n) is 8.68. The van der Waals surface area contributed by atoms with Crippen LogP contribution in [0.2, 0.25) is 0 Å². The Bertz CT molecular complexity index is 168. The SMILES string of the molecule is C#CCCC1CCC1CNCCC. The lowest BCUT2D eigenvalue weighted by molar-refractivity contribution is 0.162. The van der Waals surface area contributed by atoms with Gasteiger partial charge in [-0.3, -0.25) is 0 Å². The summed E-state index contributed by atoms with van der Waals surface area (Å²) in [6.07, 6.45) is 11.5. The number of rotatable bonds is 6. The van der Waals surface area contributed by atoms with E-state index in [0.29, 0.717) is 0 Å². The van der Waals surface area contributed by atoms with Gasteiger partial charge in [-0.15, -0.1) is 12.3 Å². The van der Waals surface area contributed by atoms with E-state index >= 15 is 0 Å². The van der Waals surface area contributed by atoms with E-state index in [9.17, 15) is 0 Å². The molecule has 0 heterocycles. The van der Waals surface area contributed by atoms with E-state index < -0.39 is 0 Å². The Labute approximate surface area is 82.3 Å². The van der Waals surface area contributed by atoms with Crippen LogP contribution in [0.1, 0.15) is 39.0 Å². The second-order valence-corrected chi connectivity index (χ2v) is 4.04. The molecule has 1 N–H and O–H groups in total. The average Bonchev–Trinajstić information content (AvgIpc) is 2.11. The topological polar surface area (TPSA) is 12.0 Å². The molecule has 1 heteroatoms. The third-order valence-corrected chi connectivity index (χ3v) is 3.07. The molecule has 13 heavy (non-hydrogen) atoms. The van der Waals surface area contributed by atoms with E-state index in [1.165, 1.54) is 38.8 Å². The van der Waals surface area contributed by atoms with Gasteiger partial charge in [-0.1, -0.05) is 6.92 Å². The summed E-state index contributed by atoms with van der Waals surface area (Å²) in [5, 5.41) is 3.49. The summed E-state index contributed by atoms with van der Waals surface area (Å²) in [4.78, 5) is 0. The molecule has 1 aliphatic carbocycles. The van der Waals surface area contributed by atoms with Crippen LogP contribution in [0.5, 0.6) is 0 Å². The molecule has 0 aromatic heterocycles. The fraction of sp³-hybridized carbons (Fsp3) is 0.833. The molecule has 0 amide bonds. The summed E-state index contributed by atoms with van der Waals surface area (Å²) >= 11 is 0. The largest absolute Gasteiger partial charge is 0.316 e. The van der Waals surface area contributed by atoms with Gasteiger partial charge >= 0.3 is 0 Å². The van der Waals surface area contributed by atoms with E-state index in [0.717, 1.165) is 18.3 Å². The Morgan fingerprint density at radius 1 is 1.38 bits per heavy atom. The predicted molar refractivity (Wildman–Crippen MR) is 57.4 cm³/mol. The maximum Gasteiger partial charge on any atom is 0.00888 e. The molecular weight excluding hydrogens is 158 g/mol. The Morgan fingerprint density at radius 2 is 2.15 bits per heavy atom. The van der Waals surface area contributed by atoms with Crippen molar-refractivity contribution >= 4 is 0 Å². The van der Waals surface area contributed by atoms with Crippen LogP contribution in [0.3, 0.4) is 0 Å². The molecule has 0 bridgehead atoms. The Morgan fingerprint density at radius 3 is 2.69 bits per heavy atom. The first-order chi connectivity index (χ1) is 6.38. The summed E-state index contributed by atoms with van der Waals surface area (Å²) in [5.74, 6) is 4.57. The molecule has 0 spiro atoms. The van der Waals surface area contributed by atoms with Crippen molar-refractivity contribution in [3.05, 3.63) is 0 Å². The van der Waals surface area contributed by atoms with Crippen molar-refractivity contribution in [1.82, 2.24) is 5.32 Å². The van der Waals surface area contributed by atoms with Gasteiger partial charge in [-0.2, -0.15) is 0 Å². The summed E-state index contributed by atoms with van der Waals surface area (Å²) in [6, 6.07) is 0. The van der Waals surface area contributed by atoms with Gasteiger partial charge in [0.05, 0.1) is 0 Å². The monoisotopic (exact) mass is 179 g/mol. The van der Waals surface area contributed by atoms with Gasteiger partial charge in [0.2, 0.25) is 0 Å². The first-order valence-corrected chi connectivity index (χ1v) is 5.52. The smallest absolute Gasteiger partial charge is 0.00888 e. The fourth-order valence-electron chi connectivity index (χ4n) is 2.02. The van der Waals surface area contributed by atoms with Crippen molar-refractivity contribution in [2.24, 2.45) is 11.8 Å². The maximum absolute atomic E-state index is 5.26. The van der Waals surface area contributed by atoms with Gasteiger partial charge in [0, 0.05) is 6.42 Å². The number of terminal acetylenes is 1. The normalized spacial score (nSPS) is 26.5. The highest BCUT2D eigenvalue weighted by atomic mass is 14.9. The number of hydrogen-bond donors (Lipinski definition) is 1. The van der Waals surface area contributed by atoms with Crippen molar-refractivity contribution < 1.29 is 0 Å². The van der Waals surface area contributed by atoms with Crippen molar-refractivity contribution in [1.29, 1.82) is 0 Å². The summed E-state index contributed by atoms with van der Waals surface area (Å²) < 4.78 is 0. The lowest BCUT2D eigenvalue weighted by atomic mass is 9.71. The highest BCUT2D eigenvalue weighted by Crippen LogP contribution is 2.36. The Balaban J connectivity index is 2.03. The first kappa shape index (κ1) is 10.6. The minimum atomic E-state index is 0.917. The molecule has 1 rings (SSSR count). The van der Waals surface area contributed by atoms with Crippen LogP contribution in [0.4, 0.5) is 0 Å². The molecule has 2 unspecified atom stereocenters. The zero-order valence-corrected chi connectivity index (χ0v) is 8.68. The van der Waals surface area contributed by atoms with E-state index in [-0.39, 0.29) is 0 Å². The molecule has 0 saturated heterocycles. The van der Waals surface area contributed by atoms with E-state index in [1.54, 1.807) is 0 Å². The molecule has 0 aliphatic heterocycles. The molecular formula is C12H21N. The quantitative estimate of drug-likeness (QED) is 0.488. The second-order valence-electron chi connectivity index (χ2n) is 4.04. The Kier molecular flexibility index (Phi) is 4.93. The van der Waals surface area contributed by atoms with Gasteiger partial charge in [0.1, 0.15) is 0 Å². The number of hydrogen-bond acceptors (Lipinski definition) is 1. The Hall–Kier alpha value is -0.480. The third-order valence-electron chi connectivity index (χ3n) is 3.07. The van der Waals surface area contributed by atoms with E-state index in [2.05, 4.69) is 18.2 Å². The summed E-state index contributed by atoms with van der Waals surface area (Å²) in [6.45, 7) is 4.59. The van der Waals surface area contributed by atoms with E-state index in [1.807, 2.05) is 0 Å². The van der Waals surface area contributed by atoms with Gasteiger partial charge in [0.15, 0.2) is 0 Å². The molecule has 1 nitrogen and oxygen atoms in total. The van der Waals surface area contributed by atoms with E-state index in [4.69, 9.17) is 6.42 Å². The second kappa shape index (κ2) is 6.05. The summed E-state index contributed by atoms with van der Waals surface area (Å²) in [7, 11) is 0. The van der Waals surface area contributed by atoms with Crippen molar-refractivity contribution in [2.75, 3.05) is 13.1 Å². The molecule has 1 fully saturated rings. The predicted octanol–water partition coefficient (Wildman–Crippen LogP) is 2.43. The van der Waals surface area contributed by atoms with Crippen molar-refractivity contribution in [3.8, 4) is 12.3 Å². The summed E-state index contributed by atoms with van der Waals surface area (Å²) in [5.41, 5.74) is 0. The van der Waals surface area contributed by atoms with Crippen molar-refractivity contribution in [3.63, 3.8) is 0 Å². The molecule has 1 saturated carbocycles. The highest BCUT2D eigenvalue weighted by molar-refractivity contribution is 4.89. The van der Waals surface area contributed by atoms with Crippen LogP contribution < -0.4 is 5.32 Å². The number of nitrogens with one attached hydrogen (secondary N) is 1. The zero-order chi connectivity index (χ0) is 9.52. The lowest BCUT2D eigenvalue weighted by Gasteiger charge is -2.36. The molecule has 74 valence electrons. The molecule has 0 aromatic carbocycles. The van der Waals surface area contributed by atoms with Crippen LogP contribution in [0.25, 0.3) is 0 Å². The average molecular weight is 179 g/mol. The van der Waals surface area contributed by atoms with Crippen LogP contribution >= 0.6 is 0 Å². The molecule has 1 aliphatic rings. The maximum atomic E-state index is 5.26. The minimum Gasteiger partial charge on any atom is -0.316 e. The fourth-order valence-corrected chi connectivity index (χ4v) is 2.02. The minimum absolute atomic E-state index is 0.917. The van der Waals surface area contributed by atoms with Crippen LogP contribution in [-0.4, -0.2) is 13.1 Å². The third kappa shape index (κ3) is 3.40. The van der Waals surface area contributed by atoms with Crippen LogP contribution in [-0.2, 0) is 0 Å². The van der Waals surface area contributed by atoms with Crippen molar-refractivity contribution in [2.45, 2.75) is 39.0 Å². The van der Waals surface area contributed by atoms with Gasteiger partial charge in [-0.25, -0.2) is 0 Å². The standard InChI is InChI=1S/C12H21N/c1-3-5-6-11-7-8-12(11)10-13-9-4-2/h1,11-13H,4-10H2,2H3. The van der Waals surface area contributed by atoms with Gasteiger partial charge in [0.25, 0.3) is 0 Å². The lowest BCUT2D eigenvalue weighted by Crippen LogP contribution is -2.35. The van der Waals surface area contributed by atoms with Crippen LogP contribution in [0, 0.1) is 24.2 Å².